The molecule has 8 heteroatoms. The van der Waals surface area contributed by atoms with Gasteiger partial charge in [-0.05, 0) is 56.3 Å². The van der Waals surface area contributed by atoms with Gasteiger partial charge in [0.25, 0.3) is 5.78 Å². The molecule has 0 aliphatic carbocycles. The second-order valence-electron chi connectivity index (χ2n) is 6.98. The third-order valence-electron chi connectivity index (χ3n) is 4.58. The smallest absolute Gasteiger partial charge is 0.252 e. The zero-order valence-corrected chi connectivity index (χ0v) is 17.1. The van der Waals surface area contributed by atoms with Crippen molar-refractivity contribution in [2.24, 2.45) is 0 Å². The van der Waals surface area contributed by atoms with E-state index in [1.165, 1.54) is 0 Å². The van der Waals surface area contributed by atoms with Gasteiger partial charge in [-0.3, -0.25) is 4.79 Å². The monoisotopic (exact) mass is 409 g/mol. The van der Waals surface area contributed by atoms with Crippen molar-refractivity contribution in [3.63, 3.8) is 0 Å². The zero-order chi connectivity index (χ0) is 20.5. The second-order valence-corrected chi connectivity index (χ2v) is 7.41. The Morgan fingerprint density at radius 2 is 1.90 bits per heavy atom. The summed E-state index contributed by atoms with van der Waals surface area (Å²) in [5.41, 5.74) is 2.73. The van der Waals surface area contributed by atoms with Gasteiger partial charge in [0, 0.05) is 29.0 Å². The minimum absolute atomic E-state index is 0.0975. The molecule has 0 N–H and O–H groups in total. The van der Waals surface area contributed by atoms with E-state index in [0.717, 1.165) is 22.7 Å². The summed E-state index contributed by atoms with van der Waals surface area (Å²) < 4.78 is 7.53. The molecule has 0 unspecified atom stereocenters. The van der Waals surface area contributed by atoms with Crippen molar-refractivity contribution in [3.05, 3.63) is 70.5 Å². The van der Waals surface area contributed by atoms with E-state index in [1.54, 1.807) is 16.5 Å². The quantitative estimate of drug-likeness (QED) is 0.500. The van der Waals surface area contributed by atoms with E-state index in [9.17, 15) is 4.79 Å². The molecule has 0 atom stereocenters. The van der Waals surface area contributed by atoms with E-state index in [-0.39, 0.29) is 12.3 Å². The van der Waals surface area contributed by atoms with Crippen LogP contribution in [0.15, 0.2) is 46.9 Å². The van der Waals surface area contributed by atoms with Crippen LogP contribution in [0, 0.1) is 13.8 Å². The molecule has 3 aromatic heterocycles. The van der Waals surface area contributed by atoms with Gasteiger partial charge in [-0.2, -0.15) is 4.98 Å². The normalized spacial score (nSPS) is 11.2. The SMILES string of the molecule is Cc1cc(C)n2nc(CC(=O)N(C)Cc3ccc(-c4ccc(Cl)cc4)o3)nc2n1. The fourth-order valence-electron chi connectivity index (χ4n) is 3.11. The van der Waals surface area contributed by atoms with E-state index >= 15 is 0 Å². The molecular formula is C21H20ClN5O2. The Morgan fingerprint density at radius 3 is 2.66 bits per heavy atom. The largest absolute Gasteiger partial charge is 0.459 e. The highest BCUT2D eigenvalue weighted by Crippen LogP contribution is 2.24. The highest BCUT2D eigenvalue weighted by molar-refractivity contribution is 6.30. The molecule has 4 aromatic rings. The topological polar surface area (TPSA) is 76.5 Å². The molecule has 1 aromatic carbocycles. The van der Waals surface area contributed by atoms with Crippen molar-refractivity contribution in [2.75, 3.05) is 7.05 Å². The molecule has 4 rings (SSSR count). The molecule has 7 nitrogen and oxygen atoms in total. The molecule has 0 aliphatic heterocycles. The van der Waals surface area contributed by atoms with Crippen LogP contribution in [0.3, 0.4) is 0 Å². The summed E-state index contributed by atoms with van der Waals surface area (Å²) >= 11 is 5.93. The van der Waals surface area contributed by atoms with Crippen LogP contribution >= 0.6 is 11.6 Å². The number of nitrogens with zero attached hydrogens (tertiary/aromatic N) is 5. The van der Waals surface area contributed by atoms with E-state index < -0.39 is 0 Å². The molecule has 1 amide bonds. The molecule has 0 radical (unpaired) electrons. The average molecular weight is 410 g/mol. The predicted octanol–water partition coefficient (Wildman–Crippen LogP) is 3.86. The van der Waals surface area contributed by atoms with E-state index in [2.05, 4.69) is 15.1 Å². The van der Waals surface area contributed by atoms with Gasteiger partial charge in [0.2, 0.25) is 5.91 Å². The van der Waals surface area contributed by atoms with E-state index in [4.69, 9.17) is 16.0 Å². The van der Waals surface area contributed by atoms with Gasteiger partial charge in [0.15, 0.2) is 5.82 Å². The van der Waals surface area contributed by atoms with Gasteiger partial charge in [0.05, 0.1) is 13.0 Å². The van der Waals surface area contributed by atoms with Crippen LogP contribution in [0.4, 0.5) is 0 Å². The maximum Gasteiger partial charge on any atom is 0.252 e. The summed E-state index contributed by atoms with van der Waals surface area (Å²) in [7, 11) is 1.73. The average Bonchev–Trinajstić information content (AvgIpc) is 3.29. The van der Waals surface area contributed by atoms with Crippen molar-refractivity contribution in [2.45, 2.75) is 26.8 Å². The summed E-state index contributed by atoms with van der Waals surface area (Å²) in [5.74, 6) is 2.29. The molecule has 0 aliphatic rings. The molecule has 3 heterocycles. The van der Waals surface area contributed by atoms with E-state index in [1.807, 2.05) is 56.3 Å². The number of carbonyl (C=O) groups excluding carboxylic acids is 1. The number of aryl methyl sites for hydroxylation is 2. The molecule has 0 saturated carbocycles. The molecular weight excluding hydrogens is 390 g/mol. The third-order valence-corrected chi connectivity index (χ3v) is 4.83. The van der Waals surface area contributed by atoms with Crippen LogP contribution < -0.4 is 0 Å². The lowest BCUT2D eigenvalue weighted by atomic mass is 10.2. The van der Waals surface area contributed by atoms with Gasteiger partial charge >= 0.3 is 0 Å². The number of aromatic nitrogens is 4. The first-order valence-corrected chi connectivity index (χ1v) is 9.55. The predicted molar refractivity (Wildman–Crippen MR) is 110 cm³/mol. The number of benzene rings is 1. The minimum atomic E-state index is -0.0975. The highest BCUT2D eigenvalue weighted by Gasteiger charge is 2.16. The lowest BCUT2D eigenvalue weighted by Gasteiger charge is -2.14. The van der Waals surface area contributed by atoms with E-state index in [0.29, 0.717) is 28.9 Å². The number of hydrogen-bond donors (Lipinski definition) is 0. The Hall–Kier alpha value is -3.19. The van der Waals surface area contributed by atoms with Crippen LogP contribution in [0.25, 0.3) is 17.1 Å². The minimum Gasteiger partial charge on any atom is -0.459 e. The van der Waals surface area contributed by atoms with Crippen molar-refractivity contribution in [1.82, 2.24) is 24.5 Å². The number of carbonyl (C=O) groups is 1. The van der Waals surface area contributed by atoms with Crippen LogP contribution in [-0.4, -0.2) is 37.4 Å². The number of hydrogen-bond acceptors (Lipinski definition) is 5. The van der Waals surface area contributed by atoms with Gasteiger partial charge in [-0.25, -0.2) is 9.50 Å². The highest BCUT2D eigenvalue weighted by atomic mass is 35.5. The summed E-state index contributed by atoms with van der Waals surface area (Å²) in [4.78, 5) is 22.9. The van der Waals surface area contributed by atoms with Gasteiger partial charge in [-0.15, -0.1) is 5.10 Å². The standard InChI is InChI=1S/C21H20ClN5O2/c1-13-10-14(2)27-21(23-13)24-19(25-27)11-20(28)26(3)12-17-8-9-18(29-17)15-4-6-16(22)7-5-15/h4-10H,11-12H2,1-3H3. The molecule has 0 fully saturated rings. The fourth-order valence-corrected chi connectivity index (χ4v) is 3.23. The Kier molecular flexibility index (Phi) is 5.07. The number of rotatable bonds is 5. The van der Waals surface area contributed by atoms with Crippen LogP contribution in [0.1, 0.15) is 23.0 Å². The summed E-state index contributed by atoms with van der Waals surface area (Å²) in [6.07, 6.45) is 0.100. The maximum atomic E-state index is 12.6. The Morgan fingerprint density at radius 1 is 1.14 bits per heavy atom. The first kappa shape index (κ1) is 19.1. The number of furan rings is 1. The number of halogens is 1. The summed E-state index contributed by atoms with van der Waals surface area (Å²) in [5, 5.41) is 5.07. The molecule has 0 saturated heterocycles. The van der Waals surface area contributed by atoms with Crippen molar-refractivity contribution in [1.29, 1.82) is 0 Å². The van der Waals surface area contributed by atoms with Gasteiger partial charge in [0.1, 0.15) is 11.5 Å². The lowest BCUT2D eigenvalue weighted by Crippen LogP contribution is -2.27. The maximum absolute atomic E-state index is 12.6. The molecule has 0 bridgehead atoms. The Labute approximate surface area is 172 Å². The van der Waals surface area contributed by atoms with Gasteiger partial charge < -0.3 is 9.32 Å². The first-order chi connectivity index (χ1) is 13.9. The number of likely N-dealkylation sites (N-methyl/N-ethyl adjacent to an activating group) is 1. The van der Waals surface area contributed by atoms with Crippen molar-refractivity contribution < 1.29 is 9.21 Å². The van der Waals surface area contributed by atoms with Crippen LogP contribution in [0.2, 0.25) is 5.02 Å². The first-order valence-electron chi connectivity index (χ1n) is 9.17. The van der Waals surface area contributed by atoms with Crippen LogP contribution in [-0.2, 0) is 17.8 Å². The van der Waals surface area contributed by atoms with Crippen molar-refractivity contribution in [3.8, 4) is 11.3 Å². The number of fused-ring (bicyclic) bond motifs is 1. The van der Waals surface area contributed by atoms with Crippen LogP contribution in [0.5, 0.6) is 0 Å². The summed E-state index contributed by atoms with van der Waals surface area (Å²) in [6.45, 7) is 4.20. The fraction of sp³-hybridized carbons (Fsp3) is 0.238. The molecule has 0 spiro atoms. The second kappa shape index (κ2) is 7.67. The lowest BCUT2D eigenvalue weighted by molar-refractivity contribution is -0.130. The third kappa shape index (κ3) is 4.14. The molecule has 29 heavy (non-hydrogen) atoms. The van der Waals surface area contributed by atoms with Crippen molar-refractivity contribution >= 4 is 23.3 Å². The van der Waals surface area contributed by atoms with Gasteiger partial charge in [-0.1, -0.05) is 11.6 Å². The zero-order valence-electron chi connectivity index (χ0n) is 16.4. The Bertz CT molecular complexity index is 1180. The Balaban J connectivity index is 1.43. The molecule has 148 valence electrons. The summed E-state index contributed by atoms with van der Waals surface area (Å²) in [6, 6.07) is 13.1. The number of amides is 1.